The van der Waals surface area contributed by atoms with E-state index in [2.05, 4.69) is 37.4 Å². The van der Waals surface area contributed by atoms with Crippen molar-refractivity contribution >= 4 is 27.8 Å². The predicted molar refractivity (Wildman–Crippen MR) is 89.8 cm³/mol. The molecule has 0 aliphatic heterocycles. The number of hydrogen-bond donors (Lipinski definition) is 1. The number of rotatable bonds is 3. The predicted octanol–water partition coefficient (Wildman–Crippen LogP) is 5.00. The Morgan fingerprint density at radius 1 is 1.10 bits per heavy atom. The van der Waals surface area contributed by atoms with E-state index in [0.29, 0.717) is 0 Å². The third kappa shape index (κ3) is 2.63. The molecule has 21 heavy (non-hydrogen) atoms. The number of nitrogens with one attached hydrogen (secondary N) is 1. The summed E-state index contributed by atoms with van der Waals surface area (Å²) in [5, 5.41) is 14.8. The van der Waals surface area contributed by atoms with E-state index in [1.54, 1.807) is 0 Å². The van der Waals surface area contributed by atoms with E-state index in [4.69, 9.17) is 0 Å². The van der Waals surface area contributed by atoms with E-state index >= 15 is 0 Å². The number of nitriles is 1. The second kappa shape index (κ2) is 5.59. The number of aryl methyl sites for hydroxylation is 2. The highest BCUT2D eigenvalue weighted by Gasteiger charge is 2.06. The highest BCUT2D eigenvalue weighted by Crippen LogP contribution is 2.28. The quantitative estimate of drug-likeness (QED) is 0.737. The fourth-order valence-electron chi connectivity index (χ4n) is 2.47. The van der Waals surface area contributed by atoms with Gasteiger partial charge in [-0.25, -0.2) is 0 Å². The van der Waals surface area contributed by atoms with Gasteiger partial charge in [0.05, 0.1) is 11.6 Å². The van der Waals surface area contributed by atoms with Crippen LogP contribution in [0.4, 0.5) is 5.69 Å². The van der Waals surface area contributed by atoms with Gasteiger partial charge in [-0.3, -0.25) is 0 Å². The summed E-state index contributed by atoms with van der Waals surface area (Å²) in [4.78, 5) is 2.70. The number of nitrogens with zero attached hydrogens (tertiary/aromatic N) is 1. The Hall–Kier alpha value is -2.31. The van der Waals surface area contributed by atoms with Gasteiger partial charge in [0.15, 0.2) is 0 Å². The van der Waals surface area contributed by atoms with Crippen molar-refractivity contribution in [2.45, 2.75) is 20.4 Å². The second-order valence-electron chi connectivity index (χ2n) is 5.12. The zero-order chi connectivity index (χ0) is 14.8. The van der Waals surface area contributed by atoms with E-state index in [0.717, 1.165) is 28.6 Å². The largest absolute Gasteiger partial charge is 0.380 e. The maximum atomic E-state index is 9.20. The molecule has 0 spiro atoms. The smallest absolute Gasteiger partial charge is 0.0998 e. The second-order valence-corrected chi connectivity index (χ2v) is 6.46. The molecule has 0 atom stereocenters. The zero-order valence-electron chi connectivity index (χ0n) is 12.1. The van der Waals surface area contributed by atoms with Crippen LogP contribution in [-0.4, -0.2) is 0 Å². The molecule has 3 rings (SSSR count). The van der Waals surface area contributed by atoms with Crippen molar-refractivity contribution in [3.8, 4) is 6.07 Å². The van der Waals surface area contributed by atoms with Gasteiger partial charge in [-0.05, 0) is 37.6 Å². The first-order valence-corrected chi connectivity index (χ1v) is 7.72. The van der Waals surface area contributed by atoms with Gasteiger partial charge in [-0.2, -0.15) is 5.26 Å². The molecule has 0 aliphatic rings. The molecule has 0 fully saturated rings. The summed E-state index contributed by atoms with van der Waals surface area (Å²) < 4.78 is 0. The van der Waals surface area contributed by atoms with Gasteiger partial charge in [0.2, 0.25) is 0 Å². The van der Waals surface area contributed by atoms with Gasteiger partial charge in [0.25, 0.3) is 0 Å². The minimum absolute atomic E-state index is 0.721. The van der Waals surface area contributed by atoms with Crippen LogP contribution in [0.25, 0.3) is 10.8 Å². The van der Waals surface area contributed by atoms with Crippen molar-refractivity contribution in [1.29, 1.82) is 5.26 Å². The van der Waals surface area contributed by atoms with Crippen LogP contribution in [0.1, 0.15) is 20.9 Å². The standard InChI is InChI=1S/C18H16N2S/c1-12-9-15(21-13(12)2)11-20-18-8-7-14(10-19)16-5-3-4-6-17(16)18/h3-9,20H,11H2,1-2H3. The summed E-state index contributed by atoms with van der Waals surface area (Å²) in [6.07, 6.45) is 0. The summed E-state index contributed by atoms with van der Waals surface area (Å²) in [6, 6.07) is 16.4. The molecule has 0 radical (unpaired) electrons. The number of hydrogen-bond acceptors (Lipinski definition) is 3. The van der Waals surface area contributed by atoms with Crippen LogP contribution in [0.2, 0.25) is 0 Å². The number of benzene rings is 2. The molecule has 104 valence electrons. The molecule has 0 unspecified atom stereocenters. The molecule has 1 N–H and O–H groups in total. The molecule has 0 amide bonds. The lowest BCUT2D eigenvalue weighted by molar-refractivity contribution is 1.19. The van der Waals surface area contributed by atoms with Crippen LogP contribution in [0.3, 0.4) is 0 Å². The van der Waals surface area contributed by atoms with Gasteiger partial charge >= 0.3 is 0 Å². The highest BCUT2D eigenvalue weighted by molar-refractivity contribution is 7.12. The summed E-state index contributed by atoms with van der Waals surface area (Å²) >= 11 is 1.83. The Bertz CT molecular complexity index is 821. The molecule has 0 saturated carbocycles. The molecular weight excluding hydrogens is 276 g/mol. The van der Waals surface area contributed by atoms with Crippen molar-refractivity contribution in [3.63, 3.8) is 0 Å². The van der Waals surface area contributed by atoms with Crippen LogP contribution < -0.4 is 5.32 Å². The fraction of sp³-hybridized carbons (Fsp3) is 0.167. The lowest BCUT2D eigenvalue weighted by atomic mass is 10.0. The first kappa shape index (κ1) is 13.7. The van der Waals surface area contributed by atoms with Crippen LogP contribution in [0.15, 0.2) is 42.5 Å². The normalized spacial score (nSPS) is 10.5. The number of thiophene rings is 1. The third-order valence-corrected chi connectivity index (χ3v) is 4.87. The Kier molecular flexibility index (Phi) is 3.64. The van der Waals surface area contributed by atoms with Crippen molar-refractivity contribution < 1.29 is 0 Å². The molecule has 1 heterocycles. The first-order chi connectivity index (χ1) is 10.2. The molecule has 0 bridgehead atoms. The molecule has 3 heteroatoms. The minimum atomic E-state index is 0.721. The molecule has 0 saturated heterocycles. The molecule has 0 aliphatic carbocycles. The zero-order valence-corrected chi connectivity index (χ0v) is 12.9. The third-order valence-electron chi connectivity index (χ3n) is 3.71. The average molecular weight is 292 g/mol. The van der Waals surface area contributed by atoms with E-state index in [1.807, 2.05) is 41.7 Å². The van der Waals surface area contributed by atoms with E-state index in [9.17, 15) is 5.26 Å². The molecule has 2 nitrogen and oxygen atoms in total. The van der Waals surface area contributed by atoms with Crippen molar-refractivity contribution in [1.82, 2.24) is 0 Å². The van der Waals surface area contributed by atoms with Gasteiger partial charge in [0.1, 0.15) is 0 Å². The summed E-state index contributed by atoms with van der Waals surface area (Å²) in [7, 11) is 0. The minimum Gasteiger partial charge on any atom is -0.380 e. The van der Waals surface area contributed by atoms with E-state index in [1.165, 1.54) is 15.3 Å². The number of anilines is 1. The average Bonchev–Trinajstić information content (AvgIpc) is 2.83. The lowest BCUT2D eigenvalue weighted by Gasteiger charge is -2.10. The Morgan fingerprint density at radius 2 is 1.86 bits per heavy atom. The van der Waals surface area contributed by atoms with Crippen molar-refractivity contribution in [2.24, 2.45) is 0 Å². The molecule has 1 aromatic heterocycles. The molecular formula is C18H16N2S. The summed E-state index contributed by atoms with van der Waals surface area (Å²) in [6.45, 7) is 5.11. The van der Waals surface area contributed by atoms with Gasteiger partial charge in [-0.15, -0.1) is 11.3 Å². The van der Waals surface area contributed by atoms with E-state index < -0.39 is 0 Å². The van der Waals surface area contributed by atoms with Crippen LogP contribution in [0.5, 0.6) is 0 Å². The van der Waals surface area contributed by atoms with Crippen LogP contribution in [0, 0.1) is 25.2 Å². The topological polar surface area (TPSA) is 35.8 Å². The Balaban J connectivity index is 1.93. The Labute approximate surface area is 128 Å². The highest BCUT2D eigenvalue weighted by atomic mass is 32.1. The van der Waals surface area contributed by atoms with Crippen LogP contribution in [-0.2, 0) is 6.54 Å². The summed E-state index contributed by atoms with van der Waals surface area (Å²) in [5.41, 5.74) is 3.15. The van der Waals surface area contributed by atoms with Crippen molar-refractivity contribution in [2.75, 3.05) is 5.32 Å². The molecule has 3 aromatic rings. The maximum Gasteiger partial charge on any atom is 0.0998 e. The van der Waals surface area contributed by atoms with Crippen LogP contribution >= 0.6 is 11.3 Å². The SMILES string of the molecule is Cc1cc(CNc2ccc(C#N)c3ccccc23)sc1C. The van der Waals surface area contributed by atoms with Gasteiger partial charge in [-0.1, -0.05) is 24.3 Å². The monoisotopic (exact) mass is 292 g/mol. The lowest BCUT2D eigenvalue weighted by Crippen LogP contribution is -1.98. The summed E-state index contributed by atoms with van der Waals surface area (Å²) in [5.74, 6) is 0. The van der Waals surface area contributed by atoms with Crippen molar-refractivity contribution in [3.05, 3.63) is 63.3 Å². The molecule has 2 aromatic carbocycles. The maximum absolute atomic E-state index is 9.20. The number of fused-ring (bicyclic) bond motifs is 1. The van der Waals surface area contributed by atoms with Gasteiger partial charge in [0, 0.05) is 32.8 Å². The van der Waals surface area contributed by atoms with E-state index in [-0.39, 0.29) is 0 Å². The fourth-order valence-corrected chi connectivity index (χ4v) is 3.46. The Morgan fingerprint density at radius 3 is 2.52 bits per heavy atom. The first-order valence-electron chi connectivity index (χ1n) is 6.90. The van der Waals surface area contributed by atoms with Gasteiger partial charge < -0.3 is 5.32 Å².